The van der Waals surface area contributed by atoms with Crippen molar-refractivity contribution in [3.63, 3.8) is 0 Å². The molecule has 1 unspecified atom stereocenters. The van der Waals surface area contributed by atoms with Gasteiger partial charge in [0.05, 0.1) is 4.90 Å². The van der Waals surface area contributed by atoms with Crippen LogP contribution in [0.4, 0.5) is 5.69 Å². The number of carbonyl (C=O) groups is 2. The van der Waals surface area contributed by atoms with Crippen LogP contribution >= 0.6 is 11.6 Å². The van der Waals surface area contributed by atoms with Gasteiger partial charge < -0.3 is 10.2 Å². The van der Waals surface area contributed by atoms with Crippen LogP contribution in [0.1, 0.15) is 24.4 Å². The van der Waals surface area contributed by atoms with Gasteiger partial charge >= 0.3 is 0 Å². The van der Waals surface area contributed by atoms with E-state index in [-0.39, 0.29) is 29.8 Å². The van der Waals surface area contributed by atoms with Crippen molar-refractivity contribution in [1.29, 1.82) is 0 Å². The summed E-state index contributed by atoms with van der Waals surface area (Å²) in [7, 11) is -3.93. The first-order valence-electron chi connectivity index (χ1n) is 9.33. The molecule has 152 valence electrons. The predicted octanol–water partition coefficient (Wildman–Crippen LogP) is 2.33. The molecule has 2 saturated heterocycles. The van der Waals surface area contributed by atoms with Crippen molar-refractivity contribution in [1.82, 2.24) is 9.62 Å². The summed E-state index contributed by atoms with van der Waals surface area (Å²) in [6, 6.07) is 11.9. The van der Waals surface area contributed by atoms with Crippen LogP contribution in [0.2, 0.25) is 5.02 Å². The number of anilines is 1. The highest BCUT2D eigenvalue weighted by Gasteiger charge is 2.39. The highest BCUT2D eigenvalue weighted by Crippen LogP contribution is 2.32. The Morgan fingerprint density at radius 1 is 1.03 bits per heavy atom. The van der Waals surface area contributed by atoms with E-state index in [0.717, 1.165) is 6.42 Å². The van der Waals surface area contributed by atoms with E-state index in [9.17, 15) is 18.0 Å². The van der Waals surface area contributed by atoms with Crippen molar-refractivity contribution in [2.45, 2.75) is 23.8 Å². The van der Waals surface area contributed by atoms with Crippen LogP contribution in [0.15, 0.2) is 53.4 Å². The number of piperazine rings is 1. The van der Waals surface area contributed by atoms with Crippen molar-refractivity contribution in [3.8, 4) is 0 Å². The number of benzene rings is 2. The fourth-order valence-corrected chi connectivity index (χ4v) is 5.53. The van der Waals surface area contributed by atoms with Gasteiger partial charge in [0, 0.05) is 36.8 Å². The average Bonchev–Trinajstić information content (AvgIpc) is 3.14. The number of rotatable bonds is 4. The molecule has 2 aromatic rings. The maximum atomic E-state index is 13.3. The highest BCUT2D eigenvalue weighted by molar-refractivity contribution is 7.89. The molecule has 2 fully saturated rings. The minimum absolute atomic E-state index is 0.0364. The lowest BCUT2D eigenvalue weighted by molar-refractivity contribution is -0.127. The molecule has 0 bridgehead atoms. The molecule has 0 aromatic heterocycles. The van der Waals surface area contributed by atoms with E-state index >= 15 is 0 Å². The summed E-state index contributed by atoms with van der Waals surface area (Å²) in [5, 5.41) is 3.15. The van der Waals surface area contributed by atoms with Crippen LogP contribution in [-0.2, 0) is 19.6 Å². The Morgan fingerprint density at radius 2 is 1.79 bits per heavy atom. The van der Waals surface area contributed by atoms with Crippen molar-refractivity contribution < 1.29 is 18.0 Å². The van der Waals surface area contributed by atoms with Gasteiger partial charge in [-0.25, -0.2) is 8.42 Å². The zero-order chi connectivity index (χ0) is 20.6. The average molecular weight is 434 g/mol. The van der Waals surface area contributed by atoms with Crippen molar-refractivity contribution in [2.24, 2.45) is 0 Å². The van der Waals surface area contributed by atoms with Crippen molar-refractivity contribution >= 4 is 39.1 Å². The molecule has 1 N–H and O–H groups in total. The summed E-state index contributed by atoms with van der Waals surface area (Å²) >= 11 is 6.05. The SMILES string of the molecule is O=C1NCCN(S(=O)(=O)c2ccc(N3CCCC3=O)cc2)C1c1cccc(Cl)c1. The molecular weight excluding hydrogens is 414 g/mol. The lowest BCUT2D eigenvalue weighted by Crippen LogP contribution is -2.52. The zero-order valence-corrected chi connectivity index (χ0v) is 17.1. The maximum Gasteiger partial charge on any atom is 0.244 e. The number of halogens is 1. The van der Waals surface area contributed by atoms with E-state index in [2.05, 4.69) is 5.32 Å². The monoisotopic (exact) mass is 433 g/mol. The van der Waals surface area contributed by atoms with Crippen LogP contribution < -0.4 is 10.2 Å². The number of sulfonamides is 1. The van der Waals surface area contributed by atoms with Gasteiger partial charge in [-0.2, -0.15) is 4.31 Å². The molecular formula is C20H20ClN3O4S. The number of amides is 2. The number of nitrogens with zero attached hydrogens (tertiary/aromatic N) is 2. The molecule has 2 aromatic carbocycles. The smallest absolute Gasteiger partial charge is 0.244 e. The Balaban J connectivity index is 1.67. The second kappa shape index (κ2) is 7.78. The van der Waals surface area contributed by atoms with Gasteiger partial charge in [-0.3, -0.25) is 9.59 Å². The topological polar surface area (TPSA) is 86.8 Å². The van der Waals surface area contributed by atoms with Gasteiger partial charge in [0.15, 0.2) is 0 Å². The number of hydrogen-bond donors (Lipinski definition) is 1. The minimum Gasteiger partial charge on any atom is -0.353 e. The van der Waals surface area contributed by atoms with Gasteiger partial charge in [0.1, 0.15) is 6.04 Å². The molecule has 4 rings (SSSR count). The lowest BCUT2D eigenvalue weighted by atomic mass is 10.0. The number of carbonyl (C=O) groups excluding carboxylic acids is 2. The predicted molar refractivity (Wildman–Crippen MR) is 109 cm³/mol. The van der Waals surface area contributed by atoms with Crippen molar-refractivity contribution in [2.75, 3.05) is 24.5 Å². The molecule has 2 aliphatic rings. The Bertz CT molecular complexity index is 1060. The van der Waals surface area contributed by atoms with Gasteiger partial charge in [0.2, 0.25) is 21.8 Å². The summed E-state index contributed by atoms with van der Waals surface area (Å²) < 4.78 is 27.9. The number of hydrogen-bond acceptors (Lipinski definition) is 4. The van der Waals surface area contributed by atoms with E-state index in [0.29, 0.717) is 29.2 Å². The van der Waals surface area contributed by atoms with Crippen LogP contribution in [0.5, 0.6) is 0 Å². The molecule has 9 heteroatoms. The Hall–Kier alpha value is -2.42. The summed E-state index contributed by atoms with van der Waals surface area (Å²) in [4.78, 5) is 26.2. The minimum atomic E-state index is -3.93. The summed E-state index contributed by atoms with van der Waals surface area (Å²) in [6.07, 6.45) is 1.30. The fourth-order valence-electron chi connectivity index (χ4n) is 3.75. The number of nitrogens with one attached hydrogen (secondary N) is 1. The second-order valence-electron chi connectivity index (χ2n) is 7.01. The quantitative estimate of drug-likeness (QED) is 0.801. The molecule has 0 aliphatic carbocycles. The highest BCUT2D eigenvalue weighted by atomic mass is 35.5. The van der Waals surface area contributed by atoms with Gasteiger partial charge in [-0.15, -0.1) is 0 Å². The molecule has 2 amide bonds. The third-order valence-corrected chi connectivity index (χ3v) is 7.27. The van der Waals surface area contributed by atoms with E-state index in [4.69, 9.17) is 11.6 Å². The van der Waals surface area contributed by atoms with Gasteiger partial charge in [0.25, 0.3) is 0 Å². The third kappa shape index (κ3) is 3.75. The van der Waals surface area contributed by atoms with Gasteiger partial charge in [-0.1, -0.05) is 23.7 Å². The third-order valence-electron chi connectivity index (χ3n) is 5.16. The second-order valence-corrected chi connectivity index (χ2v) is 9.33. The summed E-state index contributed by atoms with van der Waals surface area (Å²) in [6.45, 7) is 1.02. The maximum absolute atomic E-state index is 13.3. The molecule has 7 nitrogen and oxygen atoms in total. The molecule has 2 aliphatic heterocycles. The molecule has 0 radical (unpaired) electrons. The summed E-state index contributed by atoms with van der Waals surface area (Å²) in [5.74, 6) is -0.351. The molecule has 29 heavy (non-hydrogen) atoms. The molecule has 0 saturated carbocycles. The van der Waals surface area contributed by atoms with E-state index in [1.807, 2.05) is 0 Å². The van der Waals surface area contributed by atoms with E-state index < -0.39 is 16.1 Å². The first-order valence-corrected chi connectivity index (χ1v) is 11.2. The van der Waals surface area contributed by atoms with Crippen molar-refractivity contribution in [3.05, 3.63) is 59.1 Å². The Labute approximate surface area is 174 Å². The van der Waals surface area contributed by atoms with Crippen LogP contribution in [-0.4, -0.2) is 44.2 Å². The zero-order valence-electron chi connectivity index (χ0n) is 15.5. The van der Waals surface area contributed by atoms with Crippen LogP contribution in [0, 0.1) is 0 Å². The van der Waals surface area contributed by atoms with Crippen LogP contribution in [0.3, 0.4) is 0 Å². The van der Waals surface area contributed by atoms with E-state index in [1.54, 1.807) is 41.3 Å². The van der Waals surface area contributed by atoms with E-state index in [1.165, 1.54) is 16.4 Å². The molecule has 0 spiro atoms. The standard InChI is InChI=1S/C20H20ClN3O4S/c21-15-4-1-3-14(13-15)19-20(26)22-10-12-24(19)29(27,28)17-8-6-16(7-9-17)23-11-2-5-18(23)25/h1,3-4,6-9,13,19H,2,5,10-12H2,(H,22,26). The Kier molecular flexibility index (Phi) is 5.33. The van der Waals surface area contributed by atoms with Gasteiger partial charge in [-0.05, 0) is 48.4 Å². The fraction of sp³-hybridized carbons (Fsp3) is 0.300. The summed E-state index contributed by atoms with van der Waals surface area (Å²) in [5.41, 5.74) is 1.19. The molecule has 2 heterocycles. The first kappa shape index (κ1) is 19.9. The largest absolute Gasteiger partial charge is 0.353 e. The normalized spacial score (nSPS) is 20.7. The van der Waals surface area contributed by atoms with Crippen LogP contribution in [0.25, 0.3) is 0 Å². The lowest BCUT2D eigenvalue weighted by Gasteiger charge is -2.34. The molecule has 1 atom stereocenters. The Morgan fingerprint density at radius 3 is 2.45 bits per heavy atom. The first-order chi connectivity index (χ1) is 13.9.